The van der Waals surface area contributed by atoms with Crippen molar-refractivity contribution in [3.8, 4) is 0 Å². The minimum absolute atomic E-state index is 0.158. The molecule has 0 fully saturated rings. The molecule has 2 N–H and O–H groups in total. The summed E-state index contributed by atoms with van der Waals surface area (Å²) >= 11 is 0. The van der Waals surface area contributed by atoms with Gasteiger partial charge in [0.1, 0.15) is 0 Å². The fourth-order valence-electron chi connectivity index (χ4n) is 2.35. The molecule has 0 saturated carbocycles. The number of benzene rings is 1. The molecular formula is C18H17N5O2. The first-order valence-electron chi connectivity index (χ1n) is 7.83. The highest BCUT2D eigenvalue weighted by Gasteiger charge is 2.09. The molecule has 7 nitrogen and oxygen atoms in total. The van der Waals surface area contributed by atoms with E-state index >= 15 is 0 Å². The number of para-hydroxylation sites is 1. The molecule has 25 heavy (non-hydrogen) atoms. The van der Waals surface area contributed by atoms with Gasteiger partial charge in [-0.1, -0.05) is 18.2 Å². The lowest BCUT2D eigenvalue weighted by Crippen LogP contribution is -2.33. The van der Waals surface area contributed by atoms with Crippen molar-refractivity contribution in [2.75, 3.05) is 5.43 Å². The quantitative estimate of drug-likeness (QED) is 0.550. The second-order valence-corrected chi connectivity index (χ2v) is 5.20. The lowest BCUT2D eigenvalue weighted by Gasteiger charge is -2.13. The molecule has 126 valence electrons. The van der Waals surface area contributed by atoms with Gasteiger partial charge in [0.05, 0.1) is 16.6 Å². The van der Waals surface area contributed by atoms with E-state index in [-0.39, 0.29) is 17.4 Å². The van der Waals surface area contributed by atoms with Crippen LogP contribution in [-0.2, 0) is 11.3 Å². The highest BCUT2D eigenvalue weighted by molar-refractivity contribution is 5.92. The SMILES string of the molecule is CCn1c(NNC(=O)/C=C/c2ccccn2)nc2ccccc2c1=O. The van der Waals surface area contributed by atoms with Crippen molar-refractivity contribution in [3.05, 3.63) is 70.8 Å². The van der Waals surface area contributed by atoms with Crippen LogP contribution in [0, 0.1) is 0 Å². The summed E-state index contributed by atoms with van der Waals surface area (Å²) in [5.74, 6) is -0.0958. The minimum Gasteiger partial charge on any atom is -0.277 e. The zero-order valence-corrected chi connectivity index (χ0v) is 13.6. The van der Waals surface area contributed by atoms with Crippen LogP contribution < -0.4 is 16.4 Å². The second kappa shape index (κ2) is 7.39. The van der Waals surface area contributed by atoms with Gasteiger partial charge < -0.3 is 0 Å². The molecule has 0 aliphatic carbocycles. The Morgan fingerprint density at radius 2 is 2.00 bits per heavy atom. The van der Waals surface area contributed by atoms with Crippen molar-refractivity contribution >= 4 is 28.8 Å². The topological polar surface area (TPSA) is 88.9 Å². The Morgan fingerprint density at radius 3 is 2.76 bits per heavy atom. The highest BCUT2D eigenvalue weighted by atomic mass is 16.2. The van der Waals surface area contributed by atoms with Crippen LogP contribution >= 0.6 is 0 Å². The third-order valence-electron chi connectivity index (χ3n) is 3.57. The predicted molar refractivity (Wildman–Crippen MR) is 96.7 cm³/mol. The van der Waals surface area contributed by atoms with Gasteiger partial charge in [0.2, 0.25) is 5.95 Å². The van der Waals surface area contributed by atoms with Gasteiger partial charge in [0.25, 0.3) is 11.5 Å². The van der Waals surface area contributed by atoms with Crippen molar-refractivity contribution < 1.29 is 4.79 Å². The Balaban J connectivity index is 1.77. The lowest BCUT2D eigenvalue weighted by atomic mass is 10.2. The predicted octanol–water partition coefficient (Wildman–Crippen LogP) is 1.97. The van der Waals surface area contributed by atoms with E-state index in [0.29, 0.717) is 23.1 Å². The number of aromatic nitrogens is 3. The van der Waals surface area contributed by atoms with E-state index in [4.69, 9.17) is 0 Å². The number of hydrogen-bond donors (Lipinski definition) is 2. The van der Waals surface area contributed by atoms with Crippen LogP contribution in [0.5, 0.6) is 0 Å². The number of amides is 1. The molecule has 0 saturated heterocycles. The average molecular weight is 335 g/mol. The number of pyridine rings is 1. The van der Waals surface area contributed by atoms with Crippen LogP contribution in [0.2, 0.25) is 0 Å². The van der Waals surface area contributed by atoms with Crippen molar-refractivity contribution in [1.29, 1.82) is 0 Å². The number of anilines is 1. The van der Waals surface area contributed by atoms with Gasteiger partial charge >= 0.3 is 0 Å². The number of hydrogen-bond acceptors (Lipinski definition) is 5. The summed E-state index contributed by atoms with van der Waals surface area (Å²) in [4.78, 5) is 32.9. The lowest BCUT2D eigenvalue weighted by molar-refractivity contribution is -0.116. The molecule has 1 aromatic carbocycles. The molecule has 0 bridgehead atoms. The third-order valence-corrected chi connectivity index (χ3v) is 3.57. The van der Waals surface area contributed by atoms with Gasteiger partial charge in [0, 0.05) is 18.8 Å². The van der Waals surface area contributed by atoms with Crippen molar-refractivity contribution in [3.63, 3.8) is 0 Å². The van der Waals surface area contributed by atoms with E-state index < -0.39 is 0 Å². The Bertz CT molecular complexity index is 980. The summed E-state index contributed by atoms with van der Waals surface area (Å²) in [6.07, 6.45) is 4.59. The molecule has 0 aliphatic heterocycles. The monoisotopic (exact) mass is 335 g/mol. The summed E-state index contributed by atoms with van der Waals surface area (Å²) in [6, 6.07) is 12.5. The summed E-state index contributed by atoms with van der Waals surface area (Å²) in [5.41, 5.74) is 6.31. The summed E-state index contributed by atoms with van der Waals surface area (Å²) in [6.45, 7) is 2.27. The van der Waals surface area contributed by atoms with Crippen LogP contribution in [0.25, 0.3) is 17.0 Å². The Hall–Kier alpha value is -3.48. The van der Waals surface area contributed by atoms with Crippen LogP contribution in [0.3, 0.4) is 0 Å². The Kier molecular flexibility index (Phi) is 4.84. The van der Waals surface area contributed by atoms with E-state index in [1.165, 1.54) is 10.6 Å². The van der Waals surface area contributed by atoms with Gasteiger partial charge in [-0.15, -0.1) is 0 Å². The molecule has 0 spiro atoms. The highest BCUT2D eigenvalue weighted by Crippen LogP contribution is 2.10. The number of hydrazine groups is 1. The number of nitrogens with one attached hydrogen (secondary N) is 2. The molecule has 0 radical (unpaired) electrons. The van der Waals surface area contributed by atoms with E-state index in [0.717, 1.165) is 0 Å². The van der Waals surface area contributed by atoms with Crippen LogP contribution in [0.4, 0.5) is 5.95 Å². The van der Waals surface area contributed by atoms with Crippen LogP contribution in [0.15, 0.2) is 59.5 Å². The maximum atomic E-state index is 12.5. The second-order valence-electron chi connectivity index (χ2n) is 5.20. The van der Waals surface area contributed by atoms with Crippen molar-refractivity contribution in [2.45, 2.75) is 13.5 Å². The molecule has 0 unspecified atom stereocenters. The Morgan fingerprint density at radius 1 is 1.20 bits per heavy atom. The minimum atomic E-state index is -0.379. The molecule has 0 aliphatic rings. The molecule has 7 heteroatoms. The molecule has 2 heterocycles. The van der Waals surface area contributed by atoms with E-state index in [1.807, 2.05) is 19.1 Å². The van der Waals surface area contributed by atoms with Gasteiger partial charge in [-0.05, 0) is 37.3 Å². The van der Waals surface area contributed by atoms with E-state index in [1.54, 1.807) is 42.6 Å². The number of carbonyl (C=O) groups is 1. The fourth-order valence-corrected chi connectivity index (χ4v) is 2.35. The van der Waals surface area contributed by atoms with Crippen molar-refractivity contribution in [2.24, 2.45) is 0 Å². The first-order chi connectivity index (χ1) is 12.2. The number of fused-ring (bicyclic) bond motifs is 1. The molecule has 3 aromatic rings. The third kappa shape index (κ3) is 3.72. The molecule has 2 aromatic heterocycles. The number of carbonyl (C=O) groups excluding carboxylic acids is 1. The van der Waals surface area contributed by atoms with Gasteiger partial charge in [0.15, 0.2) is 0 Å². The van der Waals surface area contributed by atoms with Gasteiger partial charge in [-0.25, -0.2) is 4.98 Å². The average Bonchev–Trinajstić information content (AvgIpc) is 2.65. The first kappa shape index (κ1) is 16.4. The fraction of sp³-hybridized carbons (Fsp3) is 0.111. The van der Waals surface area contributed by atoms with Gasteiger partial charge in [-0.2, -0.15) is 0 Å². The first-order valence-corrected chi connectivity index (χ1v) is 7.83. The van der Waals surface area contributed by atoms with Crippen LogP contribution in [-0.4, -0.2) is 20.4 Å². The molecule has 3 rings (SSSR count). The summed E-state index contributed by atoms with van der Waals surface area (Å²) in [5, 5.41) is 0.538. The normalized spacial score (nSPS) is 10.9. The number of rotatable bonds is 5. The van der Waals surface area contributed by atoms with Crippen molar-refractivity contribution in [1.82, 2.24) is 20.0 Å². The van der Waals surface area contributed by atoms with E-state index in [2.05, 4.69) is 20.8 Å². The maximum Gasteiger partial charge on any atom is 0.262 e. The molecular weight excluding hydrogens is 318 g/mol. The van der Waals surface area contributed by atoms with Crippen LogP contribution in [0.1, 0.15) is 12.6 Å². The Labute approximate surface area is 144 Å². The summed E-state index contributed by atoms with van der Waals surface area (Å²) in [7, 11) is 0. The number of nitrogens with zero attached hydrogens (tertiary/aromatic N) is 3. The zero-order chi connectivity index (χ0) is 17.6. The van der Waals surface area contributed by atoms with E-state index in [9.17, 15) is 9.59 Å². The standard InChI is InChI=1S/C18H17N5O2/c1-2-23-17(25)14-8-3-4-9-15(14)20-18(23)22-21-16(24)11-10-13-7-5-6-12-19-13/h3-12H,2H2,1H3,(H,20,22)(H,21,24)/b11-10+. The maximum absolute atomic E-state index is 12.5. The summed E-state index contributed by atoms with van der Waals surface area (Å²) < 4.78 is 1.46. The van der Waals surface area contributed by atoms with Gasteiger partial charge in [-0.3, -0.25) is 30.0 Å². The smallest absolute Gasteiger partial charge is 0.262 e. The largest absolute Gasteiger partial charge is 0.277 e. The molecule has 0 atom stereocenters. The zero-order valence-electron chi connectivity index (χ0n) is 13.6. The molecule has 1 amide bonds.